The van der Waals surface area contributed by atoms with Crippen molar-refractivity contribution in [3.8, 4) is 33.9 Å². The van der Waals surface area contributed by atoms with Gasteiger partial charge in [0.15, 0.2) is 0 Å². The molecule has 0 aliphatic heterocycles. The zero-order valence-corrected chi connectivity index (χ0v) is 16.1. The SMILES string of the molecule is COc1ccc(-c2c(O)c(-c3ccccc3)n(Cc3ccccc3)c2C)cc1. The number of nitrogens with zero attached hydrogens (tertiary/aromatic N) is 1. The molecule has 4 rings (SSSR count). The highest BCUT2D eigenvalue weighted by Crippen LogP contribution is 2.43. The van der Waals surface area contributed by atoms with E-state index in [1.807, 2.05) is 72.8 Å². The molecule has 0 bridgehead atoms. The van der Waals surface area contributed by atoms with Gasteiger partial charge < -0.3 is 14.4 Å². The lowest BCUT2D eigenvalue weighted by Crippen LogP contribution is -2.04. The molecule has 0 spiro atoms. The first-order valence-electron chi connectivity index (χ1n) is 9.35. The van der Waals surface area contributed by atoms with Gasteiger partial charge in [-0.3, -0.25) is 0 Å². The second-order valence-electron chi connectivity index (χ2n) is 6.82. The van der Waals surface area contributed by atoms with Gasteiger partial charge in [0.25, 0.3) is 0 Å². The van der Waals surface area contributed by atoms with Crippen molar-refractivity contribution in [3.63, 3.8) is 0 Å². The Morgan fingerprint density at radius 1 is 0.786 bits per heavy atom. The molecule has 0 saturated heterocycles. The van der Waals surface area contributed by atoms with E-state index in [4.69, 9.17) is 4.74 Å². The standard InChI is InChI=1S/C25H23NO2/c1-18-23(20-13-15-22(28-2)16-14-20)25(27)24(21-11-7-4-8-12-21)26(18)17-19-9-5-3-6-10-19/h3-16,27H,17H2,1-2H3. The Bertz CT molecular complexity index is 1070. The van der Waals surface area contributed by atoms with Crippen LogP contribution in [0.3, 0.4) is 0 Å². The fourth-order valence-corrected chi connectivity index (χ4v) is 3.68. The number of hydrogen-bond donors (Lipinski definition) is 1. The number of methoxy groups -OCH3 is 1. The van der Waals surface area contributed by atoms with Crippen molar-refractivity contribution < 1.29 is 9.84 Å². The van der Waals surface area contributed by atoms with E-state index in [9.17, 15) is 5.11 Å². The summed E-state index contributed by atoms with van der Waals surface area (Å²) in [4.78, 5) is 0. The lowest BCUT2D eigenvalue weighted by molar-refractivity contribution is 0.415. The third kappa shape index (κ3) is 3.27. The molecule has 3 aromatic carbocycles. The molecule has 140 valence electrons. The Labute approximate surface area is 165 Å². The van der Waals surface area contributed by atoms with Crippen molar-refractivity contribution in [2.24, 2.45) is 0 Å². The van der Waals surface area contributed by atoms with E-state index in [1.54, 1.807) is 7.11 Å². The zero-order chi connectivity index (χ0) is 19.5. The minimum absolute atomic E-state index is 0.310. The van der Waals surface area contributed by atoms with Gasteiger partial charge in [-0.2, -0.15) is 0 Å². The molecular weight excluding hydrogens is 346 g/mol. The summed E-state index contributed by atoms with van der Waals surface area (Å²) in [5, 5.41) is 11.2. The van der Waals surface area contributed by atoms with Gasteiger partial charge in [0.1, 0.15) is 11.5 Å². The molecule has 1 N–H and O–H groups in total. The molecule has 28 heavy (non-hydrogen) atoms. The van der Waals surface area contributed by atoms with Crippen LogP contribution in [0, 0.1) is 6.92 Å². The number of hydrogen-bond acceptors (Lipinski definition) is 2. The molecular formula is C25H23NO2. The molecule has 4 aromatic rings. The summed E-state index contributed by atoms with van der Waals surface area (Å²) in [7, 11) is 1.65. The quantitative estimate of drug-likeness (QED) is 0.476. The maximum absolute atomic E-state index is 11.2. The second-order valence-corrected chi connectivity index (χ2v) is 6.82. The van der Waals surface area contributed by atoms with Gasteiger partial charge in [0, 0.05) is 23.4 Å². The van der Waals surface area contributed by atoms with Gasteiger partial charge in [-0.05, 0) is 30.2 Å². The summed E-state index contributed by atoms with van der Waals surface area (Å²) < 4.78 is 7.47. The largest absolute Gasteiger partial charge is 0.505 e. The Morgan fingerprint density at radius 2 is 1.39 bits per heavy atom. The predicted octanol–water partition coefficient (Wildman–Crippen LogP) is 5.89. The van der Waals surface area contributed by atoms with Crippen LogP contribution in [0.15, 0.2) is 84.9 Å². The monoisotopic (exact) mass is 369 g/mol. The molecule has 0 fully saturated rings. The highest BCUT2D eigenvalue weighted by atomic mass is 16.5. The second kappa shape index (κ2) is 7.65. The highest BCUT2D eigenvalue weighted by Gasteiger charge is 2.22. The average molecular weight is 369 g/mol. The van der Waals surface area contributed by atoms with Crippen LogP contribution in [-0.4, -0.2) is 16.8 Å². The molecule has 0 aliphatic rings. The Hall–Kier alpha value is -3.46. The number of ether oxygens (including phenoxy) is 1. The normalized spacial score (nSPS) is 10.8. The van der Waals surface area contributed by atoms with E-state index < -0.39 is 0 Å². The Kier molecular flexibility index (Phi) is 4.90. The van der Waals surface area contributed by atoms with Crippen LogP contribution in [-0.2, 0) is 6.54 Å². The molecule has 3 nitrogen and oxygen atoms in total. The van der Waals surface area contributed by atoms with Crippen molar-refractivity contribution in [2.75, 3.05) is 7.11 Å². The van der Waals surface area contributed by atoms with E-state index in [1.165, 1.54) is 5.56 Å². The van der Waals surface area contributed by atoms with Gasteiger partial charge in [0.05, 0.1) is 12.8 Å². The van der Waals surface area contributed by atoms with Gasteiger partial charge in [-0.15, -0.1) is 0 Å². The Morgan fingerprint density at radius 3 is 2.00 bits per heavy atom. The molecule has 0 unspecified atom stereocenters. The zero-order valence-electron chi connectivity index (χ0n) is 16.1. The van der Waals surface area contributed by atoms with E-state index >= 15 is 0 Å². The summed E-state index contributed by atoms with van der Waals surface area (Å²) in [6.07, 6.45) is 0. The van der Waals surface area contributed by atoms with Crippen molar-refractivity contribution in [1.29, 1.82) is 0 Å². The summed E-state index contributed by atoms with van der Waals surface area (Å²) in [6, 6.07) is 28.2. The first-order chi connectivity index (χ1) is 13.7. The van der Waals surface area contributed by atoms with Crippen LogP contribution in [0.4, 0.5) is 0 Å². The van der Waals surface area contributed by atoms with Crippen LogP contribution in [0.1, 0.15) is 11.3 Å². The number of benzene rings is 3. The van der Waals surface area contributed by atoms with E-state index in [-0.39, 0.29) is 0 Å². The van der Waals surface area contributed by atoms with Crippen LogP contribution in [0.5, 0.6) is 11.5 Å². The molecule has 0 radical (unpaired) electrons. The molecule has 0 atom stereocenters. The highest BCUT2D eigenvalue weighted by molar-refractivity contribution is 5.84. The number of rotatable bonds is 5. The van der Waals surface area contributed by atoms with E-state index in [0.29, 0.717) is 12.3 Å². The molecule has 0 aliphatic carbocycles. The molecule has 1 heterocycles. The number of aromatic nitrogens is 1. The summed E-state index contributed by atoms with van der Waals surface area (Å²) in [6.45, 7) is 2.76. The van der Waals surface area contributed by atoms with Gasteiger partial charge >= 0.3 is 0 Å². The first kappa shape index (κ1) is 17.9. The topological polar surface area (TPSA) is 34.4 Å². The summed E-state index contributed by atoms with van der Waals surface area (Å²) in [5.74, 6) is 1.11. The van der Waals surface area contributed by atoms with E-state index in [0.717, 1.165) is 33.8 Å². The average Bonchev–Trinajstić information content (AvgIpc) is 2.99. The van der Waals surface area contributed by atoms with Crippen LogP contribution in [0.25, 0.3) is 22.4 Å². The third-order valence-electron chi connectivity index (χ3n) is 5.11. The molecule has 0 amide bonds. The molecule has 3 heteroatoms. The van der Waals surface area contributed by atoms with E-state index in [2.05, 4.69) is 23.6 Å². The first-order valence-corrected chi connectivity index (χ1v) is 9.35. The minimum atomic E-state index is 0.310. The van der Waals surface area contributed by atoms with Gasteiger partial charge in [-0.25, -0.2) is 0 Å². The summed E-state index contributed by atoms with van der Waals surface area (Å²) >= 11 is 0. The fourth-order valence-electron chi connectivity index (χ4n) is 3.68. The maximum atomic E-state index is 11.2. The fraction of sp³-hybridized carbons (Fsp3) is 0.120. The van der Waals surface area contributed by atoms with Crippen molar-refractivity contribution in [2.45, 2.75) is 13.5 Å². The smallest absolute Gasteiger partial charge is 0.149 e. The van der Waals surface area contributed by atoms with Crippen LogP contribution >= 0.6 is 0 Å². The van der Waals surface area contributed by atoms with Gasteiger partial charge in [0.2, 0.25) is 0 Å². The lowest BCUT2D eigenvalue weighted by Gasteiger charge is -2.12. The lowest BCUT2D eigenvalue weighted by atomic mass is 10.0. The Balaban J connectivity index is 1.90. The molecule has 1 aromatic heterocycles. The summed E-state index contributed by atoms with van der Waals surface area (Å²) in [5.41, 5.74) is 5.90. The number of aromatic hydroxyl groups is 1. The minimum Gasteiger partial charge on any atom is -0.505 e. The molecule has 0 saturated carbocycles. The van der Waals surface area contributed by atoms with Crippen LogP contribution < -0.4 is 4.74 Å². The van der Waals surface area contributed by atoms with Crippen molar-refractivity contribution in [1.82, 2.24) is 4.57 Å². The predicted molar refractivity (Wildman–Crippen MR) is 114 cm³/mol. The van der Waals surface area contributed by atoms with Crippen LogP contribution in [0.2, 0.25) is 0 Å². The maximum Gasteiger partial charge on any atom is 0.149 e. The van der Waals surface area contributed by atoms with Gasteiger partial charge in [-0.1, -0.05) is 72.8 Å². The third-order valence-corrected chi connectivity index (χ3v) is 5.11. The van der Waals surface area contributed by atoms with Crippen molar-refractivity contribution in [3.05, 3.63) is 96.2 Å². The van der Waals surface area contributed by atoms with Crippen molar-refractivity contribution >= 4 is 0 Å².